The molecule has 0 amide bonds. The molecule has 0 saturated heterocycles. The Morgan fingerprint density at radius 3 is 0.519 bits per heavy atom. The van der Waals surface area contributed by atoms with Crippen molar-refractivity contribution in [3.05, 3.63) is 55.6 Å². The molecule has 0 N–H and O–H groups in total. The predicted octanol–water partition coefficient (Wildman–Crippen LogP) is 23.1. The molecule has 0 aromatic heterocycles. The third-order valence-corrected chi connectivity index (χ3v) is 31.9. The van der Waals surface area contributed by atoms with Crippen molar-refractivity contribution in [3.63, 3.8) is 0 Å². The Morgan fingerprint density at radius 1 is 0.160 bits per heavy atom. The molecule has 26 aromatic carbocycles. The molecule has 506 valence electrons. The minimum absolute atomic E-state index is 0.780. The summed E-state index contributed by atoms with van der Waals surface area (Å²) in [6.45, 7) is 38.5. The van der Waals surface area contributed by atoms with E-state index in [4.69, 9.17) is 58.7 Å². The van der Waals surface area contributed by atoms with E-state index in [-0.39, 0.29) is 0 Å². The molecule has 1 saturated carbocycles. The number of rotatable bonds is 12. The molecule has 0 radical (unpaired) electrons. The van der Waals surface area contributed by atoms with Gasteiger partial charge in [-0.1, -0.05) is 0 Å². The fraction of sp³-hybridized carbons (Fsp3) is 0.362. The van der Waals surface area contributed by atoms with E-state index >= 15 is 0 Å². The van der Waals surface area contributed by atoms with Gasteiger partial charge in [0.1, 0.15) is 0 Å². The Kier molecular flexibility index (Phi) is 6.05. The quantitative estimate of drug-likeness (QED) is 0.0503. The molecule has 11 aliphatic carbocycles. The highest BCUT2D eigenvalue weighted by atomic mass is 17.3. The van der Waals surface area contributed by atoms with Gasteiger partial charge in [-0.05, 0) is 394 Å². The summed E-state index contributed by atoms with van der Waals surface area (Å²) >= 11 is 0. The molecule has 12 nitrogen and oxygen atoms in total. The number of benzene rings is 18. The van der Waals surface area contributed by atoms with Crippen molar-refractivity contribution in [2.45, 2.75) is 192 Å². The van der Waals surface area contributed by atoms with Gasteiger partial charge in [0, 0.05) is 79.3 Å². The zero-order chi connectivity index (χ0) is 69.4. The second-order valence-electron chi connectivity index (χ2n) is 42.6. The molecule has 37 rings (SSSR count). The van der Waals surface area contributed by atoms with E-state index in [1.54, 1.807) is 0 Å². The van der Waals surface area contributed by atoms with Crippen molar-refractivity contribution < 1.29 is 58.7 Å². The van der Waals surface area contributed by atoms with Gasteiger partial charge < -0.3 is 0 Å². The second kappa shape index (κ2) is 12.4. The zero-order valence-corrected chi connectivity index (χ0v) is 61.2. The third-order valence-electron chi connectivity index (χ3n) is 31.9. The highest BCUT2D eigenvalue weighted by molar-refractivity contribution is 6.79. The standard InChI is InChI=1S/C94H58O12/c1-83(2,3)95-101-89-69-61-56-46-35-27-23-19-20-22-26-25-21(19)29-31(23)43(46)48-50-37(29)39-33(25)41-42-34(26)40-38-30(22)32-24(20)28(27)36-45(35)58(61)62-57-47(36)44(32)49-51(38)64-66-53(40)55(42)68-67-54(41)52(39)65-63(50)73(71(89)59(48)56)91(103-97-85(7,8)9)75(65)77(67)93(105-99-87(13,14)15)78(68)76(66)92(104-98-86(10,11)12)74(64)72(60(49)57)90(70(62)69,102-96-84(4,5)6)80-79(89)81(91)94(93,82(80)92)106-100-88(16,17)18/h79-82H,1-18H3. The van der Waals surface area contributed by atoms with Crippen LogP contribution in [0.4, 0.5) is 0 Å². The maximum Gasteiger partial charge on any atom is 0.188 e. The Bertz CT molecular complexity index is 8450. The summed E-state index contributed by atoms with van der Waals surface area (Å²) < 4.78 is 0. The van der Waals surface area contributed by atoms with E-state index in [2.05, 4.69) is 125 Å². The molecule has 11 aliphatic rings. The molecule has 0 heterocycles. The average Bonchev–Trinajstić information content (AvgIpc) is 1.39. The zero-order valence-electron chi connectivity index (χ0n) is 61.2. The molecule has 26 aromatic rings. The Balaban J connectivity index is 0.988. The minimum Gasteiger partial charge on any atom is -0.230 e. The molecule has 8 atom stereocenters. The molecular formula is C94H58O12. The largest absolute Gasteiger partial charge is 0.230 e. The predicted molar refractivity (Wildman–Crippen MR) is 413 cm³/mol. The molecule has 0 aliphatic heterocycles. The van der Waals surface area contributed by atoms with E-state index in [9.17, 15) is 0 Å². The minimum atomic E-state index is -1.83. The van der Waals surface area contributed by atoms with Gasteiger partial charge in [0.15, 0.2) is 33.6 Å². The summed E-state index contributed by atoms with van der Waals surface area (Å²) in [6, 6.07) is 0. The van der Waals surface area contributed by atoms with Gasteiger partial charge >= 0.3 is 0 Å². The lowest BCUT2D eigenvalue weighted by molar-refractivity contribution is -0.530. The van der Waals surface area contributed by atoms with Gasteiger partial charge in [-0.3, -0.25) is 0 Å². The van der Waals surface area contributed by atoms with Gasteiger partial charge in [-0.15, -0.1) is 0 Å². The second-order valence-corrected chi connectivity index (χ2v) is 42.6. The van der Waals surface area contributed by atoms with Crippen molar-refractivity contribution in [1.29, 1.82) is 0 Å². The Labute approximate surface area is 595 Å². The summed E-state index contributed by atoms with van der Waals surface area (Å²) in [5.41, 5.74) is -4.27. The van der Waals surface area contributed by atoms with Crippen molar-refractivity contribution in [2.75, 3.05) is 0 Å². The summed E-state index contributed by atoms with van der Waals surface area (Å²) in [7, 11) is 0. The number of hydrogen-bond acceptors (Lipinski definition) is 12. The van der Waals surface area contributed by atoms with Crippen molar-refractivity contribution in [2.24, 2.45) is 23.7 Å². The summed E-state index contributed by atoms with van der Waals surface area (Å²) in [6.07, 6.45) is 0. The van der Waals surface area contributed by atoms with Crippen LogP contribution in [-0.4, -0.2) is 39.2 Å². The molecule has 1 fully saturated rings. The summed E-state index contributed by atoms with van der Waals surface area (Å²) in [5.74, 6) is -3.41. The van der Waals surface area contributed by atoms with Crippen molar-refractivity contribution >= 4 is 269 Å². The third kappa shape index (κ3) is 3.57. The molecule has 106 heavy (non-hydrogen) atoms. The molecule has 0 bridgehead atoms. The lowest BCUT2D eigenvalue weighted by Crippen LogP contribution is -2.76. The average molecular weight is 1380 g/mol. The molecule has 8 unspecified atom stereocenters. The van der Waals surface area contributed by atoms with Crippen LogP contribution in [-0.2, 0) is 86.7 Å². The smallest absolute Gasteiger partial charge is 0.188 e. The first-order chi connectivity index (χ1) is 50.4. The van der Waals surface area contributed by atoms with Crippen LogP contribution in [0.1, 0.15) is 180 Å². The first-order valence-corrected chi connectivity index (χ1v) is 39.2. The highest BCUT2D eigenvalue weighted by Gasteiger charge is 2.98. The summed E-state index contributed by atoms with van der Waals surface area (Å²) in [4.78, 5) is 99.1. The van der Waals surface area contributed by atoms with Gasteiger partial charge in [0.05, 0.1) is 33.6 Å². The van der Waals surface area contributed by atoms with Gasteiger partial charge in [-0.2, -0.15) is 0 Å². The van der Waals surface area contributed by atoms with E-state index in [0.29, 0.717) is 0 Å². The first-order valence-electron chi connectivity index (χ1n) is 39.2. The lowest BCUT2D eigenvalue weighted by atomic mass is 9.45. The van der Waals surface area contributed by atoms with Crippen molar-refractivity contribution in [3.8, 4) is 0 Å². The SMILES string of the molecule is CC(C)(C)OOC12c3c4c5c6c7c8c9c%10c%11c%12c%13c%14c%15c%16c%17c%18c%19c(c1c1c%20c3c5c3c5c%20c%20c1c%19c1c%19c%18c%15c%15c%18c%14c%11c%11c%14c%10c7c7c6c3c3c5c5c%20c1c1c(c%15%19)c(c%18%11)c6c%14c7c3c6c51)C%17(OOC(C)(C)C)C1C2C(C(C%129OOC(C)(C)C)C1(OOC(C)(C)C)C%16%13OOC(C)(C)C)C48OOC(C)(C)C. The Morgan fingerprint density at radius 2 is 0.302 bits per heavy atom. The molecule has 12 heteroatoms. The van der Waals surface area contributed by atoms with Crippen LogP contribution < -0.4 is 0 Å². The summed E-state index contributed by atoms with van der Waals surface area (Å²) in [5, 5.41) is 68.4. The van der Waals surface area contributed by atoms with E-state index in [0.717, 1.165) is 55.6 Å². The van der Waals surface area contributed by atoms with Crippen LogP contribution >= 0.6 is 0 Å². The Hall–Kier alpha value is -8.28. The van der Waals surface area contributed by atoms with Crippen LogP contribution in [0.15, 0.2) is 0 Å². The van der Waals surface area contributed by atoms with E-state index < -0.39 is 90.9 Å². The number of hydrogen-bond donors (Lipinski definition) is 0. The fourth-order valence-corrected chi connectivity index (χ4v) is 31.6. The fourth-order valence-electron chi connectivity index (χ4n) is 31.6. The maximum atomic E-state index is 8.90. The van der Waals surface area contributed by atoms with Crippen LogP contribution in [0.5, 0.6) is 0 Å². The molecular weight excluding hydrogens is 1320 g/mol. The van der Waals surface area contributed by atoms with Gasteiger partial charge in [-0.25, -0.2) is 58.7 Å². The first kappa shape index (κ1) is 51.9. The molecule has 0 spiro atoms. The van der Waals surface area contributed by atoms with Crippen LogP contribution in [0.2, 0.25) is 0 Å². The highest BCUT2D eigenvalue weighted by Crippen LogP contribution is 2.95. The van der Waals surface area contributed by atoms with E-state index in [1.807, 2.05) is 0 Å². The maximum absolute atomic E-state index is 8.90. The topological polar surface area (TPSA) is 111 Å². The normalized spacial score (nSPS) is 29.7. The lowest BCUT2D eigenvalue weighted by Gasteiger charge is -2.65. The van der Waals surface area contributed by atoms with E-state index in [1.165, 1.54) is 269 Å². The van der Waals surface area contributed by atoms with Crippen LogP contribution in [0, 0.1) is 23.7 Å². The van der Waals surface area contributed by atoms with Gasteiger partial charge in [0.25, 0.3) is 0 Å². The van der Waals surface area contributed by atoms with Gasteiger partial charge in [0.2, 0.25) is 0 Å². The van der Waals surface area contributed by atoms with Crippen LogP contribution in [0.25, 0.3) is 269 Å². The van der Waals surface area contributed by atoms with Crippen LogP contribution in [0.3, 0.4) is 0 Å². The monoisotopic (exact) mass is 1380 g/mol. The van der Waals surface area contributed by atoms with Crippen molar-refractivity contribution in [1.82, 2.24) is 0 Å².